The minimum Gasteiger partial charge on any atom is -0.469 e. The molecule has 5 nitrogen and oxygen atoms in total. The van der Waals surface area contributed by atoms with Gasteiger partial charge in [-0.2, -0.15) is 0 Å². The molecule has 0 N–H and O–H groups in total. The molecule has 116 valence electrons. The molecular weight excluding hydrogens is 278 g/mol. The highest BCUT2D eigenvalue weighted by atomic mass is 32.2. The van der Waals surface area contributed by atoms with Crippen molar-refractivity contribution in [3.8, 4) is 0 Å². The zero-order chi connectivity index (χ0) is 14.8. The molecule has 3 atom stereocenters. The molecule has 2 rings (SSSR count). The van der Waals surface area contributed by atoms with Crippen molar-refractivity contribution in [3.05, 3.63) is 0 Å². The molecule has 0 aromatic heterocycles. The van der Waals surface area contributed by atoms with E-state index in [9.17, 15) is 13.2 Å². The second-order valence-electron chi connectivity index (χ2n) is 6.21. The number of nitrogens with zero attached hydrogens (tertiary/aromatic N) is 1. The zero-order valence-electron chi connectivity index (χ0n) is 12.4. The molecule has 20 heavy (non-hydrogen) atoms. The van der Waals surface area contributed by atoms with E-state index in [0.29, 0.717) is 18.9 Å². The molecule has 2 fully saturated rings. The summed E-state index contributed by atoms with van der Waals surface area (Å²) in [5.41, 5.74) is 0. The molecule has 6 heteroatoms. The van der Waals surface area contributed by atoms with Gasteiger partial charge in [0.1, 0.15) is 0 Å². The van der Waals surface area contributed by atoms with E-state index in [0.717, 1.165) is 11.8 Å². The van der Waals surface area contributed by atoms with Crippen molar-refractivity contribution in [3.63, 3.8) is 0 Å². The Balaban J connectivity index is 1.78. The lowest BCUT2D eigenvalue weighted by atomic mass is 9.89. The monoisotopic (exact) mass is 303 g/mol. The second-order valence-corrected chi connectivity index (χ2v) is 8.41. The standard InChI is InChI=1S/C14H25NO4S/c1-15(10-13-9-11-5-6-12(13)8-11)20(17,18)7-3-4-14(16)19-2/h11-13H,3-10H2,1-2H3. The lowest BCUT2D eigenvalue weighted by Crippen LogP contribution is -2.35. The minimum absolute atomic E-state index is 0.0272. The zero-order valence-corrected chi connectivity index (χ0v) is 13.2. The van der Waals surface area contributed by atoms with Crippen molar-refractivity contribution < 1.29 is 17.9 Å². The van der Waals surface area contributed by atoms with Gasteiger partial charge in [0.2, 0.25) is 10.0 Å². The predicted octanol–water partition coefficient (Wildman–Crippen LogP) is 1.64. The first kappa shape index (κ1) is 15.8. The molecule has 2 aliphatic rings. The van der Waals surface area contributed by atoms with E-state index in [2.05, 4.69) is 4.74 Å². The van der Waals surface area contributed by atoms with Crippen LogP contribution in [0.15, 0.2) is 0 Å². The lowest BCUT2D eigenvalue weighted by molar-refractivity contribution is -0.140. The van der Waals surface area contributed by atoms with Crippen LogP contribution in [0.3, 0.4) is 0 Å². The van der Waals surface area contributed by atoms with Crippen molar-refractivity contribution in [2.75, 3.05) is 26.5 Å². The largest absolute Gasteiger partial charge is 0.469 e. The Morgan fingerprint density at radius 2 is 2.05 bits per heavy atom. The summed E-state index contributed by atoms with van der Waals surface area (Å²) >= 11 is 0. The summed E-state index contributed by atoms with van der Waals surface area (Å²) < 4.78 is 30.4. The molecule has 0 aliphatic heterocycles. The quantitative estimate of drug-likeness (QED) is 0.671. The van der Waals surface area contributed by atoms with Gasteiger partial charge in [0.25, 0.3) is 0 Å². The highest BCUT2D eigenvalue weighted by Gasteiger charge is 2.40. The third kappa shape index (κ3) is 3.73. The van der Waals surface area contributed by atoms with E-state index in [1.165, 1.54) is 37.1 Å². The van der Waals surface area contributed by atoms with Crippen LogP contribution in [0.25, 0.3) is 0 Å². The number of hydrogen-bond donors (Lipinski definition) is 0. The molecule has 0 aromatic carbocycles. The number of esters is 1. The Hall–Kier alpha value is -0.620. The van der Waals surface area contributed by atoms with Gasteiger partial charge in [0.15, 0.2) is 0 Å². The fourth-order valence-corrected chi connectivity index (χ4v) is 4.94. The Labute approximate surface area is 121 Å². The van der Waals surface area contributed by atoms with Crippen LogP contribution in [0.1, 0.15) is 38.5 Å². The summed E-state index contributed by atoms with van der Waals surface area (Å²) in [6.07, 6.45) is 5.57. The summed E-state index contributed by atoms with van der Waals surface area (Å²) in [6, 6.07) is 0. The number of methoxy groups -OCH3 is 1. The smallest absolute Gasteiger partial charge is 0.305 e. The number of rotatable bonds is 7. The van der Waals surface area contributed by atoms with Gasteiger partial charge < -0.3 is 4.74 Å². The summed E-state index contributed by atoms with van der Waals surface area (Å²) in [5.74, 6) is 1.78. The van der Waals surface area contributed by atoms with Crippen LogP contribution in [0.2, 0.25) is 0 Å². The van der Waals surface area contributed by atoms with E-state index < -0.39 is 10.0 Å². The normalized spacial score (nSPS) is 29.1. The molecule has 3 unspecified atom stereocenters. The van der Waals surface area contributed by atoms with Crippen molar-refractivity contribution >= 4 is 16.0 Å². The topological polar surface area (TPSA) is 63.7 Å². The number of ether oxygens (including phenoxy) is 1. The Morgan fingerprint density at radius 1 is 1.30 bits per heavy atom. The molecule has 2 bridgehead atoms. The highest BCUT2D eigenvalue weighted by molar-refractivity contribution is 7.89. The van der Waals surface area contributed by atoms with Gasteiger partial charge in [0.05, 0.1) is 12.9 Å². The van der Waals surface area contributed by atoms with Gasteiger partial charge in [-0.25, -0.2) is 12.7 Å². The maximum absolute atomic E-state index is 12.2. The lowest BCUT2D eigenvalue weighted by Gasteiger charge is -2.26. The average Bonchev–Trinajstić information content (AvgIpc) is 3.00. The number of sulfonamides is 1. The molecule has 0 radical (unpaired) electrons. The third-order valence-corrected chi connectivity index (χ3v) is 6.77. The van der Waals surface area contributed by atoms with Crippen molar-refractivity contribution in [2.24, 2.45) is 17.8 Å². The van der Waals surface area contributed by atoms with Crippen LogP contribution in [0, 0.1) is 17.8 Å². The Bertz CT molecular complexity index is 448. The molecule has 0 heterocycles. The molecule has 0 aromatic rings. The first-order chi connectivity index (χ1) is 9.42. The SMILES string of the molecule is COC(=O)CCCS(=O)(=O)N(C)CC1CC2CCC1C2. The molecule has 0 saturated heterocycles. The minimum atomic E-state index is -3.24. The summed E-state index contributed by atoms with van der Waals surface area (Å²) in [5, 5.41) is 0. The molecule has 0 amide bonds. The van der Waals surface area contributed by atoms with Crippen LogP contribution < -0.4 is 0 Å². The summed E-state index contributed by atoms with van der Waals surface area (Å²) in [4.78, 5) is 11.0. The molecular formula is C14H25NO4S. The number of carbonyl (C=O) groups is 1. The van der Waals surface area contributed by atoms with Crippen molar-refractivity contribution in [1.29, 1.82) is 0 Å². The van der Waals surface area contributed by atoms with Gasteiger partial charge in [-0.05, 0) is 43.4 Å². The molecule has 2 saturated carbocycles. The van der Waals surface area contributed by atoms with E-state index in [1.54, 1.807) is 7.05 Å². The molecule has 0 spiro atoms. The van der Waals surface area contributed by atoms with E-state index in [4.69, 9.17) is 0 Å². The van der Waals surface area contributed by atoms with Gasteiger partial charge in [-0.3, -0.25) is 4.79 Å². The van der Waals surface area contributed by atoms with Crippen molar-refractivity contribution in [2.45, 2.75) is 38.5 Å². The van der Waals surface area contributed by atoms with Gasteiger partial charge in [-0.15, -0.1) is 0 Å². The fraction of sp³-hybridized carbons (Fsp3) is 0.929. The number of hydrogen-bond acceptors (Lipinski definition) is 4. The summed E-state index contributed by atoms with van der Waals surface area (Å²) in [6.45, 7) is 0.641. The van der Waals surface area contributed by atoms with Gasteiger partial charge >= 0.3 is 5.97 Å². The molecule has 2 aliphatic carbocycles. The Morgan fingerprint density at radius 3 is 2.60 bits per heavy atom. The van der Waals surface area contributed by atoms with Crippen LogP contribution >= 0.6 is 0 Å². The van der Waals surface area contributed by atoms with Crippen molar-refractivity contribution in [1.82, 2.24) is 4.31 Å². The first-order valence-corrected chi connectivity index (χ1v) is 9.04. The highest BCUT2D eigenvalue weighted by Crippen LogP contribution is 2.48. The summed E-state index contributed by atoms with van der Waals surface area (Å²) in [7, 11) is -0.259. The van der Waals surface area contributed by atoms with Crippen LogP contribution in [-0.2, 0) is 19.6 Å². The van der Waals surface area contributed by atoms with Crippen LogP contribution in [-0.4, -0.2) is 45.1 Å². The van der Waals surface area contributed by atoms with Gasteiger partial charge in [-0.1, -0.05) is 6.42 Å². The average molecular weight is 303 g/mol. The maximum atomic E-state index is 12.2. The van der Waals surface area contributed by atoms with Gasteiger partial charge in [0, 0.05) is 20.0 Å². The maximum Gasteiger partial charge on any atom is 0.305 e. The number of carbonyl (C=O) groups excluding carboxylic acids is 1. The predicted molar refractivity (Wildman–Crippen MR) is 76.6 cm³/mol. The van der Waals surface area contributed by atoms with Crippen LogP contribution in [0.4, 0.5) is 0 Å². The number of fused-ring (bicyclic) bond motifs is 2. The van der Waals surface area contributed by atoms with E-state index >= 15 is 0 Å². The van der Waals surface area contributed by atoms with E-state index in [1.807, 2.05) is 0 Å². The second kappa shape index (κ2) is 6.43. The third-order valence-electron chi connectivity index (χ3n) is 4.86. The van der Waals surface area contributed by atoms with E-state index in [-0.39, 0.29) is 18.1 Å². The van der Waals surface area contributed by atoms with Crippen LogP contribution in [0.5, 0.6) is 0 Å². The first-order valence-electron chi connectivity index (χ1n) is 7.43. The fourth-order valence-electron chi connectivity index (χ4n) is 3.70. The Kier molecular flexibility index (Phi) is 5.07.